The van der Waals surface area contributed by atoms with Crippen molar-refractivity contribution in [1.82, 2.24) is 0 Å². The second kappa shape index (κ2) is 12.6. The van der Waals surface area contributed by atoms with E-state index in [1.807, 2.05) is 30.3 Å². The molecule has 0 spiro atoms. The molecule has 2 heteroatoms. The standard InChI is InChI=1S/C19H30O2/c20-16-12-7-5-3-1-2-4-6-11-15-19(21)17-18-13-9-8-10-14-18/h8-10,13-14,20H,1-7,11-12,15-17H2. The summed E-state index contributed by atoms with van der Waals surface area (Å²) in [7, 11) is 0. The van der Waals surface area contributed by atoms with Gasteiger partial charge in [-0.15, -0.1) is 0 Å². The fourth-order valence-electron chi connectivity index (χ4n) is 2.58. The van der Waals surface area contributed by atoms with E-state index in [1.54, 1.807) is 0 Å². The molecule has 0 unspecified atom stereocenters. The van der Waals surface area contributed by atoms with Crippen LogP contribution in [0.1, 0.15) is 69.8 Å². The number of carbonyl (C=O) groups excluding carboxylic acids is 1. The molecule has 0 amide bonds. The van der Waals surface area contributed by atoms with E-state index < -0.39 is 0 Å². The lowest BCUT2D eigenvalue weighted by Crippen LogP contribution is -2.02. The average molecular weight is 290 g/mol. The summed E-state index contributed by atoms with van der Waals surface area (Å²) in [5.74, 6) is 0.366. The van der Waals surface area contributed by atoms with Crippen LogP contribution in [0.25, 0.3) is 0 Å². The summed E-state index contributed by atoms with van der Waals surface area (Å²) in [6.45, 7) is 0.330. The Morgan fingerprint density at radius 2 is 1.29 bits per heavy atom. The number of hydrogen-bond donors (Lipinski definition) is 1. The Kier molecular flexibility index (Phi) is 10.7. The van der Waals surface area contributed by atoms with Gasteiger partial charge in [0.15, 0.2) is 0 Å². The molecule has 1 aromatic carbocycles. The maximum Gasteiger partial charge on any atom is 0.137 e. The molecule has 0 bridgehead atoms. The van der Waals surface area contributed by atoms with Crippen LogP contribution in [0.4, 0.5) is 0 Å². The van der Waals surface area contributed by atoms with Gasteiger partial charge in [-0.2, -0.15) is 0 Å². The predicted molar refractivity (Wildman–Crippen MR) is 88.4 cm³/mol. The first-order valence-corrected chi connectivity index (χ1v) is 8.49. The molecule has 0 saturated carbocycles. The van der Waals surface area contributed by atoms with Crippen molar-refractivity contribution >= 4 is 5.78 Å². The second-order valence-electron chi connectivity index (χ2n) is 5.86. The van der Waals surface area contributed by atoms with Crippen LogP contribution in [0.15, 0.2) is 30.3 Å². The molecule has 0 heterocycles. The molecular weight excluding hydrogens is 260 g/mol. The highest BCUT2D eigenvalue weighted by molar-refractivity contribution is 5.80. The molecule has 0 atom stereocenters. The Morgan fingerprint density at radius 3 is 1.86 bits per heavy atom. The van der Waals surface area contributed by atoms with Gasteiger partial charge in [0.2, 0.25) is 0 Å². The summed E-state index contributed by atoms with van der Waals surface area (Å²) >= 11 is 0. The summed E-state index contributed by atoms with van der Waals surface area (Å²) in [6.07, 6.45) is 12.0. The van der Waals surface area contributed by atoms with Gasteiger partial charge in [-0.1, -0.05) is 75.3 Å². The zero-order chi connectivity index (χ0) is 15.2. The third-order valence-electron chi connectivity index (χ3n) is 3.86. The van der Waals surface area contributed by atoms with Crippen LogP contribution < -0.4 is 0 Å². The van der Waals surface area contributed by atoms with E-state index in [2.05, 4.69) is 0 Å². The Bertz CT molecular complexity index is 359. The van der Waals surface area contributed by atoms with E-state index in [1.165, 1.54) is 38.5 Å². The first kappa shape index (κ1) is 17.9. The first-order valence-electron chi connectivity index (χ1n) is 8.49. The lowest BCUT2D eigenvalue weighted by atomic mass is 10.0. The summed E-state index contributed by atoms with van der Waals surface area (Å²) in [5, 5.41) is 8.68. The number of unbranched alkanes of at least 4 members (excludes halogenated alkanes) is 8. The molecule has 1 rings (SSSR count). The van der Waals surface area contributed by atoms with Gasteiger partial charge in [-0.05, 0) is 18.4 Å². The number of carbonyl (C=O) groups is 1. The summed E-state index contributed by atoms with van der Waals surface area (Å²) in [4.78, 5) is 11.8. The minimum atomic E-state index is 0.330. The maximum atomic E-state index is 11.8. The Balaban J connectivity index is 1.89. The zero-order valence-electron chi connectivity index (χ0n) is 13.2. The van der Waals surface area contributed by atoms with Gasteiger partial charge in [0, 0.05) is 19.4 Å². The van der Waals surface area contributed by atoms with Crippen LogP contribution in [0.5, 0.6) is 0 Å². The smallest absolute Gasteiger partial charge is 0.137 e. The summed E-state index contributed by atoms with van der Waals surface area (Å²) in [5.41, 5.74) is 1.13. The van der Waals surface area contributed by atoms with Crippen LogP contribution in [-0.2, 0) is 11.2 Å². The Labute approximate surface area is 129 Å². The second-order valence-corrected chi connectivity index (χ2v) is 5.86. The van der Waals surface area contributed by atoms with Crippen LogP contribution >= 0.6 is 0 Å². The van der Waals surface area contributed by atoms with E-state index >= 15 is 0 Å². The largest absolute Gasteiger partial charge is 0.396 e. The lowest BCUT2D eigenvalue weighted by Gasteiger charge is -2.03. The van der Waals surface area contributed by atoms with Gasteiger partial charge in [0.25, 0.3) is 0 Å². The molecule has 0 fully saturated rings. The van der Waals surface area contributed by atoms with Gasteiger partial charge in [0.05, 0.1) is 0 Å². The minimum Gasteiger partial charge on any atom is -0.396 e. The molecular formula is C19H30O2. The van der Waals surface area contributed by atoms with E-state index in [9.17, 15) is 4.79 Å². The number of ketones is 1. The van der Waals surface area contributed by atoms with Crippen molar-refractivity contribution in [3.8, 4) is 0 Å². The zero-order valence-corrected chi connectivity index (χ0v) is 13.2. The van der Waals surface area contributed by atoms with Crippen molar-refractivity contribution in [1.29, 1.82) is 0 Å². The van der Waals surface area contributed by atoms with Crippen molar-refractivity contribution in [3.05, 3.63) is 35.9 Å². The number of hydrogen-bond acceptors (Lipinski definition) is 2. The summed E-state index contributed by atoms with van der Waals surface area (Å²) in [6, 6.07) is 10.0. The number of benzene rings is 1. The average Bonchev–Trinajstić information content (AvgIpc) is 2.50. The van der Waals surface area contributed by atoms with Crippen LogP contribution in [0, 0.1) is 0 Å². The van der Waals surface area contributed by atoms with E-state index in [0.29, 0.717) is 18.8 Å². The SMILES string of the molecule is O=C(CCCCCCCCCCCO)Cc1ccccc1. The Morgan fingerprint density at radius 1 is 0.762 bits per heavy atom. The highest BCUT2D eigenvalue weighted by atomic mass is 16.2. The quantitative estimate of drug-likeness (QED) is 0.535. The molecule has 1 N–H and O–H groups in total. The van der Waals surface area contributed by atoms with Gasteiger partial charge < -0.3 is 5.11 Å². The molecule has 21 heavy (non-hydrogen) atoms. The molecule has 118 valence electrons. The number of Topliss-reactive ketones (excluding diaryl/α,β-unsaturated/α-hetero) is 1. The molecule has 0 radical (unpaired) electrons. The van der Waals surface area contributed by atoms with Gasteiger partial charge in [0.1, 0.15) is 5.78 Å². The molecule has 0 aliphatic rings. The molecule has 0 saturated heterocycles. The monoisotopic (exact) mass is 290 g/mol. The number of aliphatic hydroxyl groups excluding tert-OH is 1. The molecule has 0 aromatic heterocycles. The third kappa shape index (κ3) is 10.3. The topological polar surface area (TPSA) is 37.3 Å². The van der Waals surface area contributed by atoms with Gasteiger partial charge in [-0.25, -0.2) is 0 Å². The van der Waals surface area contributed by atoms with Crippen LogP contribution in [-0.4, -0.2) is 17.5 Å². The molecule has 0 aliphatic heterocycles. The van der Waals surface area contributed by atoms with Crippen LogP contribution in [0.2, 0.25) is 0 Å². The van der Waals surface area contributed by atoms with E-state index in [0.717, 1.165) is 31.2 Å². The van der Waals surface area contributed by atoms with E-state index in [-0.39, 0.29) is 0 Å². The lowest BCUT2D eigenvalue weighted by molar-refractivity contribution is -0.118. The third-order valence-corrected chi connectivity index (χ3v) is 3.86. The van der Waals surface area contributed by atoms with Crippen LogP contribution in [0.3, 0.4) is 0 Å². The van der Waals surface area contributed by atoms with Gasteiger partial charge >= 0.3 is 0 Å². The maximum absolute atomic E-state index is 11.8. The minimum absolute atomic E-state index is 0.330. The molecule has 0 aliphatic carbocycles. The van der Waals surface area contributed by atoms with Crippen molar-refractivity contribution in [2.24, 2.45) is 0 Å². The fraction of sp³-hybridized carbons (Fsp3) is 0.632. The predicted octanol–water partition coefficient (Wildman–Crippen LogP) is 4.69. The highest BCUT2D eigenvalue weighted by Crippen LogP contribution is 2.11. The van der Waals surface area contributed by atoms with Crippen molar-refractivity contribution in [2.45, 2.75) is 70.6 Å². The van der Waals surface area contributed by atoms with Gasteiger partial charge in [-0.3, -0.25) is 4.79 Å². The first-order chi connectivity index (χ1) is 10.3. The van der Waals surface area contributed by atoms with Crippen molar-refractivity contribution in [3.63, 3.8) is 0 Å². The number of aliphatic hydroxyl groups is 1. The summed E-state index contributed by atoms with van der Waals surface area (Å²) < 4.78 is 0. The fourth-order valence-corrected chi connectivity index (χ4v) is 2.58. The van der Waals surface area contributed by atoms with Crippen molar-refractivity contribution in [2.75, 3.05) is 6.61 Å². The normalized spacial score (nSPS) is 10.7. The molecule has 1 aromatic rings. The highest BCUT2D eigenvalue weighted by Gasteiger charge is 2.03. The Hall–Kier alpha value is -1.15. The van der Waals surface area contributed by atoms with E-state index in [4.69, 9.17) is 5.11 Å². The number of rotatable bonds is 13. The molecule has 2 nitrogen and oxygen atoms in total. The van der Waals surface area contributed by atoms with Crippen molar-refractivity contribution < 1.29 is 9.90 Å².